The van der Waals surface area contributed by atoms with Gasteiger partial charge >= 0.3 is 0 Å². The van der Waals surface area contributed by atoms with E-state index in [1.807, 2.05) is 77.5 Å². The topological polar surface area (TPSA) is 110 Å². The van der Waals surface area contributed by atoms with Gasteiger partial charge in [0.25, 0.3) is 5.24 Å². The molecule has 0 bridgehead atoms. The van der Waals surface area contributed by atoms with Gasteiger partial charge in [0.1, 0.15) is 5.94 Å². The van der Waals surface area contributed by atoms with Gasteiger partial charge < -0.3 is 15.3 Å². The van der Waals surface area contributed by atoms with Crippen molar-refractivity contribution in [3.8, 4) is 0 Å². The third kappa shape index (κ3) is 31.7. The number of carbonyl (C=O) groups is 1. The zero-order chi connectivity index (χ0) is 26.4. The van der Waals surface area contributed by atoms with Crippen LogP contribution < -0.4 is 5.32 Å². The average Bonchev–Trinajstić information content (AvgIpc) is 2.88. The number of aliphatic imine (C=N–C) groups is 2. The summed E-state index contributed by atoms with van der Waals surface area (Å²) in [7, 11) is -0.930. The fourth-order valence-corrected chi connectivity index (χ4v) is 10.7. The van der Waals surface area contributed by atoms with E-state index in [2.05, 4.69) is 15.3 Å². The zero-order valence-corrected chi connectivity index (χ0v) is 27.8. The maximum Gasteiger partial charge on any atom is 0.279 e. The van der Waals surface area contributed by atoms with Gasteiger partial charge in [-0.1, -0.05) is 11.8 Å². The molecule has 1 atom stereocenters. The average molecular weight is 676 g/mol. The third-order valence-electron chi connectivity index (χ3n) is 3.22. The van der Waals surface area contributed by atoms with E-state index in [-0.39, 0.29) is 17.1 Å². The first-order valence-corrected chi connectivity index (χ1v) is 21.3. The van der Waals surface area contributed by atoms with Crippen LogP contribution in [-0.4, -0.2) is 113 Å². The van der Waals surface area contributed by atoms with E-state index >= 15 is 0 Å². The molecule has 0 rings (SSSR count). The SMILES string of the molecule is CCN=CS(=O)CCSCSCSCCSC(=O)NCCSCSCSCCN=COOCSCO. The Balaban J connectivity index is 3.25. The Bertz CT molecular complexity index is 581. The lowest BCUT2D eigenvalue weighted by atomic mass is 10.8. The van der Waals surface area contributed by atoms with Crippen molar-refractivity contribution >= 4 is 122 Å². The Morgan fingerprint density at radius 3 is 2.33 bits per heavy atom. The molecule has 0 saturated carbocycles. The summed E-state index contributed by atoms with van der Waals surface area (Å²) >= 11 is 13.6. The van der Waals surface area contributed by atoms with Crippen molar-refractivity contribution in [2.24, 2.45) is 9.98 Å². The van der Waals surface area contributed by atoms with Crippen LogP contribution in [0.5, 0.6) is 0 Å². The molecule has 0 aliphatic rings. The van der Waals surface area contributed by atoms with Crippen LogP contribution in [0.3, 0.4) is 0 Å². The molecule has 0 saturated heterocycles. The predicted molar refractivity (Wildman–Crippen MR) is 177 cm³/mol. The molecule has 8 nitrogen and oxygen atoms in total. The maximum atomic E-state index is 11.9. The molecular weight excluding hydrogens is 639 g/mol. The van der Waals surface area contributed by atoms with Gasteiger partial charge in [0, 0.05) is 67.9 Å². The van der Waals surface area contributed by atoms with Crippen LogP contribution in [0.1, 0.15) is 6.92 Å². The Morgan fingerprint density at radius 1 is 0.917 bits per heavy atom. The molecule has 36 heavy (non-hydrogen) atoms. The second-order valence-corrected chi connectivity index (χ2v) is 17.1. The predicted octanol–water partition coefficient (Wildman–Crippen LogP) is 5.07. The Labute approximate surface area is 252 Å². The third-order valence-corrected chi connectivity index (χ3v) is 13.3. The first-order chi connectivity index (χ1) is 17.7. The fraction of sp³-hybridized carbons (Fsp3) is 0.842. The number of thioether (sulfide) groups is 8. The summed E-state index contributed by atoms with van der Waals surface area (Å²) in [6.07, 6.45) is 1.29. The van der Waals surface area contributed by atoms with E-state index in [0.29, 0.717) is 25.4 Å². The number of hydrogen-bond acceptors (Lipinski definition) is 15. The van der Waals surface area contributed by atoms with E-state index in [1.54, 1.807) is 5.55 Å². The van der Waals surface area contributed by atoms with Gasteiger partial charge in [0.15, 0.2) is 0 Å². The van der Waals surface area contributed by atoms with Crippen molar-refractivity contribution in [1.82, 2.24) is 5.32 Å². The lowest BCUT2D eigenvalue weighted by Gasteiger charge is -2.05. The molecule has 17 heteroatoms. The number of nitrogens with zero attached hydrogens (tertiary/aromatic N) is 2. The second kappa shape index (κ2) is 32.7. The molecule has 0 spiro atoms. The molecule has 0 radical (unpaired) electrons. The highest BCUT2D eigenvalue weighted by atomic mass is 32.2. The van der Waals surface area contributed by atoms with Crippen LogP contribution in [0, 0.1) is 0 Å². The first-order valence-electron chi connectivity index (χ1n) is 10.9. The van der Waals surface area contributed by atoms with Crippen LogP contribution in [0.25, 0.3) is 0 Å². The highest BCUT2D eigenvalue weighted by Crippen LogP contribution is 2.19. The van der Waals surface area contributed by atoms with Gasteiger partial charge in [-0.05, 0) is 6.92 Å². The van der Waals surface area contributed by atoms with Crippen molar-refractivity contribution in [2.45, 2.75) is 6.92 Å². The van der Waals surface area contributed by atoms with Gasteiger partial charge in [-0.15, -0.1) is 58.8 Å². The van der Waals surface area contributed by atoms with Crippen LogP contribution in [0.2, 0.25) is 0 Å². The molecule has 0 heterocycles. The van der Waals surface area contributed by atoms with E-state index in [4.69, 9.17) is 14.9 Å². The standard InChI is InChI=1S/C19H37N3O5S9/c1-2-20-12-36(25)10-9-31-18-34-17-30-7-8-35-19(24)22-4-6-29-16-33-15-28-5-3-21-11-26-27-14-32-13-23/h11-12,23H,2-10,13-18H2,1H3,(H,22,24). The van der Waals surface area contributed by atoms with Crippen LogP contribution in [0.4, 0.5) is 4.79 Å². The lowest BCUT2D eigenvalue weighted by Crippen LogP contribution is -2.22. The van der Waals surface area contributed by atoms with Gasteiger partial charge in [-0.3, -0.25) is 19.0 Å². The van der Waals surface area contributed by atoms with E-state index in [9.17, 15) is 9.00 Å². The molecule has 0 fully saturated rings. The number of nitrogens with one attached hydrogen (secondary N) is 1. The number of amides is 1. The monoisotopic (exact) mass is 675 g/mol. The van der Waals surface area contributed by atoms with Gasteiger partial charge in [-0.2, -0.15) is 28.4 Å². The molecule has 212 valence electrons. The van der Waals surface area contributed by atoms with E-state index in [0.717, 1.165) is 49.1 Å². The summed E-state index contributed by atoms with van der Waals surface area (Å²) in [5.74, 6) is 5.47. The molecule has 0 aromatic carbocycles. The molecule has 0 aromatic rings. The smallest absolute Gasteiger partial charge is 0.279 e. The summed E-state index contributed by atoms with van der Waals surface area (Å²) in [6, 6.07) is 0. The Kier molecular flexibility index (Phi) is 34.0. The number of carbonyl (C=O) groups excluding carboxylic acids is 1. The maximum absolute atomic E-state index is 11.9. The van der Waals surface area contributed by atoms with E-state index in [1.165, 1.54) is 29.9 Å². The highest BCUT2D eigenvalue weighted by molar-refractivity contribution is 8.23. The summed E-state index contributed by atoms with van der Waals surface area (Å²) in [4.78, 5) is 29.4. The van der Waals surface area contributed by atoms with Crippen LogP contribution in [-0.2, 0) is 20.6 Å². The van der Waals surface area contributed by atoms with Crippen molar-refractivity contribution in [3.05, 3.63) is 0 Å². The van der Waals surface area contributed by atoms with Gasteiger partial charge in [-0.25, -0.2) is 0 Å². The summed E-state index contributed by atoms with van der Waals surface area (Å²) < 4.78 is 11.6. The van der Waals surface area contributed by atoms with E-state index < -0.39 is 10.8 Å². The van der Waals surface area contributed by atoms with Gasteiger partial charge in [0.2, 0.25) is 6.40 Å². The zero-order valence-electron chi connectivity index (χ0n) is 20.4. The van der Waals surface area contributed by atoms with Crippen molar-refractivity contribution < 1.29 is 23.9 Å². The number of hydrogen-bond donors (Lipinski definition) is 2. The Morgan fingerprint density at radius 2 is 1.61 bits per heavy atom. The normalized spacial score (nSPS) is 12.5. The minimum absolute atomic E-state index is 0.00457. The summed E-state index contributed by atoms with van der Waals surface area (Å²) in [5, 5.41) is 15.6. The van der Waals surface area contributed by atoms with Gasteiger partial charge in [0.05, 0.1) is 28.8 Å². The lowest BCUT2D eigenvalue weighted by molar-refractivity contribution is -0.196. The van der Waals surface area contributed by atoms with Crippen molar-refractivity contribution in [2.75, 3.05) is 86.4 Å². The number of aliphatic hydroxyl groups excluding tert-OH is 1. The number of aliphatic hydroxyl groups is 1. The van der Waals surface area contributed by atoms with Crippen LogP contribution >= 0.6 is 94.1 Å². The van der Waals surface area contributed by atoms with Crippen molar-refractivity contribution in [3.63, 3.8) is 0 Å². The second-order valence-electron chi connectivity index (χ2n) is 5.94. The molecule has 1 unspecified atom stereocenters. The molecule has 0 aliphatic heterocycles. The Hall–Kier alpha value is 1.48. The first kappa shape index (κ1) is 37.5. The molecule has 2 N–H and O–H groups in total. The molecule has 1 amide bonds. The van der Waals surface area contributed by atoms with Crippen LogP contribution in [0.15, 0.2) is 9.98 Å². The molecular formula is C19H37N3O5S9. The van der Waals surface area contributed by atoms with Crippen molar-refractivity contribution in [1.29, 1.82) is 0 Å². The molecule has 0 aromatic heterocycles. The summed E-state index contributed by atoms with van der Waals surface area (Å²) in [5.41, 5.74) is 1.55. The highest BCUT2D eigenvalue weighted by Gasteiger charge is 2.02. The quantitative estimate of drug-likeness (QED) is 0.0302. The fourth-order valence-electron chi connectivity index (χ4n) is 1.69. The minimum atomic E-state index is -0.930. The molecule has 0 aliphatic carbocycles. The number of rotatable bonds is 27. The minimum Gasteiger partial charge on any atom is -0.386 e. The summed E-state index contributed by atoms with van der Waals surface area (Å²) in [6.45, 7) is 4.00. The largest absolute Gasteiger partial charge is 0.386 e.